The van der Waals surface area contributed by atoms with Crippen LogP contribution in [0.4, 0.5) is 4.79 Å². The molecule has 0 bridgehead atoms. The lowest BCUT2D eigenvalue weighted by Gasteiger charge is -2.19. The zero-order valence-corrected chi connectivity index (χ0v) is 20.8. The van der Waals surface area contributed by atoms with Gasteiger partial charge in [-0.1, -0.05) is 48.5 Å². The largest absolute Gasteiger partial charge is 0.459 e. The van der Waals surface area contributed by atoms with E-state index in [2.05, 4.69) is 15.6 Å². The Morgan fingerprint density at radius 3 is 2.56 bits per heavy atom. The van der Waals surface area contributed by atoms with Crippen molar-refractivity contribution in [2.24, 2.45) is 0 Å². The van der Waals surface area contributed by atoms with Crippen LogP contribution in [0.1, 0.15) is 49.3 Å². The molecule has 2 aromatic heterocycles. The lowest BCUT2D eigenvalue weighted by Crippen LogP contribution is -2.33. The molecule has 7 heteroatoms. The van der Waals surface area contributed by atoms with Gasteiger partial charge in [0.25, 0.3) is 0 Å². The Balaban J connectivity index is 1.41. The molecular weight excluding hydrogens is 454 g/mol. The van der Waals surface area contributed by atoms with Crippen molar-refractivity contribution in [3.8, 4) is 0 Å². The molecule has 0 spiro atoms. The molecular formula is C29H31N3O4. The molecule has 4 rings (SSSR count). The van der Waals surface area contributed by atoms with Crippen molar-refractivity contribution in [3.05, 3.63) is 102 Å². The van der Waals surface area contributed by atoms with E-state index in [1.54, 1.807) is 12.4 Å². The molecule has 4 aromatic rings. The summed E-state index contributed by atoms with van der Waals surface area (Å²) >= 11 is 0. The predicted molar refractivity (Wildman–Crippen MR) is 139 cm³/mol. The Kier molecular flexibility index (Phi) is 7.68. The van der Waals surface area contributed by atoms with Gasteiger partial charge in [-0.15, -0.1) is 0 Å². The fourth-order valence-corrected chi connectivity index (χ4v) is 3.93. The molecule has 2 N–H and O–H groups in total. The average molecular weight is 486 g/mol. The van der Waals surface area contributed by atoms with Crippen LogP contribution in [0.5, 0.6) is 0 Å². The number of hydrogen-bond donors (Lipinski definition) is 2. The van der Waals surface area contributed by atoms with Crippen LogP contribution in [0, 0.1) is 0 Å². The van der Waals surface area contributed by atoms with Crippen molar-refractivity contribution >= 4 is 23.0 Å². The van der Waals surface area contributed by atoms with E-state index in [0.29, 0.717) is 18.7 Å². The number of aromatic nitrogens is 1. The second-order valence-electron chi connectivity index (χ2n) is 9.65. The van der Waals surface area contributed by atoms with Crippen LogP contribution in [0.25, 0.3) is 11.0 Å². The molecule has 186 valence electrons. The second-order valence-corrected chi connectivity index (χ2v) is 9.65. The summed E-state index contributed by atoms with van der Waals surface area (Å²) in [5, 5.41) is 6.85. The summed E-state index contributed by atoms with van der Waals surface area (Å²) in [7, 11) is 0. The summed E-state index contributed by atoms with van der Waals surface area (Å²) in [4.78, 5) is 29.2. The number of furan rings is 1. The number of nitrogens with one attached hydrogen (secondary N) is 2. The van der Waals surface area contributed by atoms with Crippen LogP contribution in [-0.2, 0) is 22.4 Å². The SMILES string of the molecule is CC(C)(C)OC(=O)NCCc1cccc(CC(=O)NC(c2cccnc2)c2cc3ccccc3o2)c1. The van der Waals surface area contributed by atoms with E-state index in [1.807, 2.05) is 87.5 Å². The standard InChI is InChI=1S/C29H31N3O4/c1-29(2,3)36-28(34)31-15-13-20-8-6-9-21(16-20)17-26(33)32-27(23-11-7-14-30-19-23)25-18-22-10-4-5-12-24(22)35-25/h4-12,14,16,18-19,27H,13,15,17H2,1-3H3,(H,31,34)(H,32,33). The number of pyridine rings is 1. The van der Waals surface area contributed by atoms with E-state index in [-0.39, 0.29) is 12.3 Å². The van der Waals surface area contributed by atoms with Gasteiger partial charge < -0.3 is 19.8 Å². The number of nitrogens with zero attached hydrogens (tertiary/aromatic N) is 1. The summed E-state index contributed by atoms with van der Waals surface area (Å²) in [5.41, 5.74) is 2.98. The first-order chi connectivity index (χ1) is 17.3. The fourth-order valence-electron chi connectivity index (χ4n) is 3.93. The number of carbonyl (C=O) groups excluding carboxylic acids is 2. The van der Waals surface area contributed by atoms with Crippen molar-refractivity contribution in [1.82, 2.24) is 15.6 Å². The quantitative estimate of drug-likeness (QED) is 0.351. The summed E-state index contributed by atoms with van der Waals surface area (Å²) in [6, 6.07) is 20.8. The van der Waals surface area contributed by atoms with E-state index in [4.69, 9.17) is 9.15 Å². The highest BCUT2D eigenvalue weighted by molar-refractivity contribution is 5.81. The number of ether oxygens (including phenoxy) is 1. The molecule has 2 heterocycles. The smallest absolute Gasteiger partial charge is 0.407 e. The normalized spacial score (nSPS) is 12.2. The summed E-state index contributed by atoms with van der Waals surface area (Å²) < 4.78 is 11.3. The van der Waals surface area contributed by atoms with Crippen molar-refractivity contribution < 1.29 is 18.7 Å². The van der Waals surface area contributed by atoms with E-state index in [9.17, 15) is 9.59 Å². The molecule has 36 heavy (non-hydrogen) atoms. The van der Waals surface area contributed by atoms with Crippen LogP contribution in [0.2, 0.25) is 0 Å². The van der Waals surface area contributed by atoms with Gasteiger partial charge in [0.15, 0.2) is 0 Å². The lowest BCUT2D eigenvalue weighted by atomic mass is 10.0. The maximum Gasteiger partial charge on any atom is 0.407 e. The molecule has 0 aliphatic rings. The van der Waals surface area contributed by atoms with Gasteiger partial charge >= 0.3 is 6.09 Å². The highest BCUT2D eigenvalue weighted by Gasteiger charge is 2.21. The summed E-state index contributed by atoms with van der Waals surface area (Å²) in [6.45, 7) is 5.93. The Labute approximate surface area is 210 Å². The van der Waals surface area contributed by atoms with Gasteiger partial charge in [-0.2, -0.15) is 0 Å². The molecule has 0 fully saturated rings. The number of fused-ring (bicyclic) bond motifs is 1. The Bertz CT molecular complexity index is 1290. The zero-order chi connectivity index (χ0) is 25.5. The second kappa shape index (κ2) is 11.1. The number of alkyl carbamates (subject to hydrolysis) is 1. The minimum absolute atomic E-state index is 0.131. The molecule has 2 aromatic carbocycles. The number of carbonyl (C=O) groups is 2. The maximum absolute atomic E-state index is 13.1. The number of para-hydroxylation sites is 1. The predicted octanol–water partition coefficient (Wildman–Crippen LogP) is 5.34. The molecule has 2 amide bonds. The van der Waals surface area contributed by atoms with E-state index < -0.39 is 17.7 Å². The zero-order valence-electron chi connectivity index (χ0n) is 20.8. The summed E-state index contributed by atoms with van der Waals surface area (Å²) in [6.07, 6.45) is 3.83. The first kappa shape index (κ1) is 25.0. The summed E-state index contributed by atoms with van der Waals surface area (Å²) in [5.74, 6) is 0.521. The van der Waals surface area contributed by atoms with Gasteiger partial charge in [0, 0.05) is 29.9 Å². The third-order valence-corrected chi connectivity index (χ3v) is 5.49. The third kappa shape index (κ3) is 6.95. The molecule has 0 aliphatic carbocycles. The van der Waals surface area contributed by atoms with Crippen molar-refractivity contribution in [1.29, 1.82) is 0 Å². The molecule has 0 radical (unpaired) electrons. The molecule has 1 unspecified atom stereocenters. The first-order valence-electron chi connectivity index (χ1n) is 12.0. The van der Waals surface area contributed by atoms with Gasteiger partial charge in [0.2, 0.25) is 5.91 Å². The third-order valence-electron chi connectivity index (χ3n) is 5.49. The lowest BCUT2D eigenvalue weighted by molar-refractivity contribution is -0.121. The van der Waals surface area contributed by atoms with Crippen LogP contribution in [0.3, 0.4) is 0 Å². The van der Waals surface area contributed by atoms with Crippen LogP contribution < -0.4 is 10.6 Å². The monoisotopic (exact) mass is 485 g/mol. The minimum Gasteiger partial charge on any atom is -0.459 e. The number of amides is 2. The Hall–Kier alpha value is -4.13. The number of rotatable bonds is 8. The van der Waals surface area contributed by atoms with E-state index >= 15 is 0 Å². The topological polar surface area (TPSA) is 93.5 Å². The Morgan fingerprint density at radius 1 is 1.00 bits per heavy atom. The van der Waals surface area contributed by atoms with Crippen molar-refractivity contribution in [2.75, 3.05) is 6.54 Å². The van der Waals surface area contributed by atoms with Crippen LogP contribution in [0.15, 0.2) is 83.5 Å². The first-order valence-corrected chi connectivity index (χ1v) is 12.0. The van der Waals surface area contributed by atoms with Gasteiger partial charge in [-0.05, 0) is 56.5 Å². The maximum atomic E-state index is 13.1. The Morgan fingerprint density at radius 2 is 1.81 bits per heavy atom. The molecule has 0 saturated heterocycles. The van der Waals surface area contributed by atoms with Crippen LogP contribution in [-0.4, -0.2) is 29.1 Å². The fraction of sp³-hybridized carbons (Fsp3) is 0.276. The average Bonchev–Trinajstić information content (AvgIpc) is 3.26. The van der Waals surface area contributed by atoms with Gasteiger partial charge in [-0.3, -0.25) is 9.78 Å². The molecule has 7 nitrogen and oxygen atoms in total. The highest BCUT2D eigenvalue weighted by atomic mass is 16.6. The molecule has 0 saturated carbocycles. The van der Waals surface area contributed by atoms with E-state index in [1.165, 1.54) is 0 Å². The van der Waals surface area contributed by atoms with Crippen molar-refractivity contribution in [3.63, 3.8) is 0 Å². The van der Waals surface area contributed by atoms with Crippen molar-refractivity contribution in [2.45, 2.75) is 45.3 Å². The van der Waals surface area contributed by atoms with Gasteiger partial charge in [0.1, 0.15) is 23.0 Å². The number of hydrogen-bond acceptors (Lipinski definition) is 5. The number of benzene rings is 2. The molecule has 1 atom stereocenters. The van der Waals surface area contributed by atoms with Crippen LogP contribution >= 0.6 is 0 Å². The molecule has 0 aliphatic heterocycles. The van der Waals surface area contributed by atoms with Gasteiger partial charge in [-0.25, -0.2) is 4.79 Å². The van der Waals surface area contributed by atoms with Gasteiger partial charge in [0.05, 0.1) is 6.42 Å². The minimum atomic E-state index is -0.534. The van der Waals surface area contributed by atoms with E-state index in [0.717, 1.165) is 27.7 Å². The highest BCUT2D eigenvalue weighted by Crippen LogP contribution is 2.28.